The van der Waals surface area contributed by atoms with Gasteiger partial charge in [0.05, 0.1) is 0 Å². The number of likely N-dealkylation sites (N-methyl/N-ethyl adjacent to an activating group) is 1. The lowest BCUT2D eigenvalue weighted by atomic mass is 10.2. The van der Waals surface area contributed by atoms with Gasteiger partial charge in [0.1, 0.15) is 12.4 Å². The fraction of sp³-hybridized carbons (Fsp3) is 0.667. The van der Waals surface area contributed by atoms with Crippen LogP contribution >= 0.6 is 0 Å². The van der Waals surface area contributed by atoms with Crippen molar-refractivity contribution < 1.29 is 4.74 Å². The molecule has 3 nitrogen and oxygen atoms in total. The SMILES string of the molecule is CCCC(C)N(C)CCOc1ccccc1CNC(C)C. The summed E-state index contributed by atoms with van der Waals surface area (Å²) >= 11 is 0. The van der Waals surface area contributed by atoms with Crippen molar-refractivity contribution in [3.8, 4) is 5.75 Å². The number of rotatable bonds is 10. The van der Waals surface area contributed by atoms with E-state index >= 15 is 0 Å². The summed E-state index contributed by atoms with van der Waals surface area (Å²) in [4.78, 5) is 2.37. The highest BCUT2D eigenvalue weighted by atomic mass is 16.5. The van der Waals surface area contributed by atoms with Gasteiger partial charge in [-0.3, -0.25) is 0 Å². The van der Waals surface area contributed by atoms with Crippen molar-refractivity contribution in [3.63, 3.8) is 0 Å². The average molecular weight is 292 g/mol. The van der Waals surface area contributed by atoms with Crippen LogP contribution in [0.5, 0.6) is 5.75 Å². The average Bonchev–Trinajstić information content (AvgIpc) is 2.46. The van der Waals surface area contributed by atoms with Gasteiger partial charge in [0, 0.05) is 30.7 Å². The van der Waals surface area contributed by atoms with E-state index in [0.717, 1.165) is 25.4 Å². The molecule has 0 bridgehead atoms. The van der Waals surface area contributed by atoms with E-state index in [2.05, 4.69) is 63.2 Å². The molecule has 0 aromatic heterocycles. The lowest BCUT2D eigenvalue weighted by Gasteiger charge is -2.24. The molecule has 1 N–H and O–H groups in total. The number of nitrogens with zero attached hydrogens (tertiary/aromatic N) is 1. The Balaban J connectivity index is 2.44. The molecule has 1 unspecified atom stereocenters. The molecule has 1 rings (SSSR count). The van der Waals surface area contributed by atoms with Crippen LogP contribution in [0.1, 0.15) is 46.1 Å². The Morgan fingerprint density at radius 3 is 2.57 bits per heavy atom. The molecule has 120 valence electrons. The third-order valence-corrected chi connectivity index (χ3v) is 3.83. The van der Waals surface area contributed by atoms with Gasteiger partial charge in [0.2, 0.25) is 0 Å². The fourth-order valence-electron chi connectivity index (χ4n) is 2.26. The first kappa shape index (κ1) is 18.0. The second kappa shape index (κ2) is 9.80. The van der Waals surface area contributed by atoms with Crippen molar-refractivity contribution in [2.24, 2.45) is 0 Å². The highest BCUT2D eigenvalue weighted by Crippen LogP contribution is 2.18. The van der Waals surface area contributed by atoms with Crippen LogP contribution in [0.15, 0.2) is 24.3 Å². The normalized spacial score (nSPS) is 12.9. The van der Waals surface area contributed by atoms with Crippen LogP contribution in [0.4, 0.5) is 0 Å². The molecular formula is C18H32N2O. The molecule has 1 aromatic carbocycles. The Morgan fingerprint density at radius 2 is 1.90 bits per heavy atom. The predicted molar refractivity (Wildman–Crippen MR) is 90.9 cm³/mol. The van der Waals surface area contributed by atoms with Gasteiger partial charge in [-0.05, 0) is 26.5 Å². The minimum absolute atomic E-state index is 0.485. The Kier molecular flexibility index (Phi) is 8.40. The molecule has 0 spiro atoms. The summed E-state index contributed by atoms with van der Waals surface area (Å²) in [6, 6.07) is 9.41. The van der Waals surface area contributed by atoms with Crippen LogP contribution in [-0.4, -0.2) is 37.2 Å². The Hall–Kier alpha value is -1.06. The topological polar surface area (TPSA) is 24.5 Å². The lowest BCUT2D eigenvalue weighted by molar-refractivity contribution is 0.192. The molecule has 0 aliphatic heterocycles. The molecule has 0 aliphatic rings. The molecule has 1 aromatic rings. The van der Waals surface area contributed by atoms with Gasteiger partial charge in [0.15, 0.2) is 0 Å². The summed E-state index contributed by atoms with van der Waals surface area (Å²) in [5.74, 6) is 1.00. The van der Waals surface area contributed by atoms with Gasteiger partial charge >= 0.3 is 0 Å². The highest BCUT2D eigenvalue weighted by molar-refractivity contribution is 5.33. The number of hydrogen-bond acceptors (Lipinski definition) is 3. The van der Waals surface area contributed by atoms with Gasteiger partial charge in [-0.2, -0.15) is 0 Å². The van der Waals surface area contributed by atoms with Crippen LogP contribution in [0, 0.1) is 0 Å². The van der Waals surface area contributed by atoms with Crippen molar-refractivity contribution in [2.75, 3.05) is 20.2 Å². The summed E-state index contributed by atoms with van der Waals surface area (Å²) in [5, 5.41) is 3.45. The van der Waals surface area contributed by atoms with Crippen LogP contribution in [0.2, 0.25) is 0 Å². The standard InChI is InChI=1S/C18H32N2O/c1-6-9-16(4)20(5)12-13-21-18-11-8-7-10-17(18)14-19-15(2)3/h7-8,10-11,15-16,19H,6,9,12-14H2,1-5H3. The van der Waals surface area contributed by atoms with Gasteiger partial charge in [-0.25, -0.2) is 0 Å². The zero-order valence-electron chi connectivity index (χ0n) is 14.4. The zero-order chi connectivity index (χ0) is 15.7. The number of hydrogen-bond donors (Lipinski definition) is 1. The van der Waals surface area contributed by atoms with Crippen molar-refractivity contribution in [1.29, 1.82) is 0 Å². The molecule has 0 aliphatic carbocycles. The third-order valence-electron chi connectivity index (χ3n) is 3.83. The minimum atomic E-state index is 0.485. The molecule has 0 fully saturated rings. The largest absolute Gasteiger partial charge is 0.492 e. The summed E-state index contributed by atoms with van der Waals surface area (Å²) in [5.41, 5.74) is 1.23. The van der Waals surface area contributed by atoms with E-state index in [0.29, 0.717) is 12.1 Å². The van der Waals surface area contributed by atoms with Gasteiger partial charge in [-0.15, -0.1) is 0 Å². The first-order chi connectivity index (χ1) is 10.0. The predicted octanol–water partition coefficient (Wildman–Crippen LogP) is 3.68. The van der Waals surface area contributed by atoms with E-state index in [1.54, 1.807) is 0 Å². The molecule has 0 amide bonds. The Morgan fingerprint density at radius 1 is 1.19 bits per heavy atom. The lowest BCUT2D eigenvalue weighted by Crippen LogP contribution is -2.32. The first-order valence-electron chi connectivity index (χ1n) is 8.18. The molecule has 0 radical (unpaired) electrons. The Bertz CT molecular complexity index is 393. The van der Waals surface area contributed by atoms with Crippen LogP contribution in [-0.2, 0) is 6.54 Å². The van der Waals surface area contributed by atoms with Crippen molar-refractivity contribution in [2.45, 2.75) is 59.2 Å². The third kappa shape index (κ3) is 6.96. The smallest absolute Gasteiger partial charge is 0.123 e. The zero-order valence-corrected chi connectivity index (χ0v) is 14.4. The fourth-order valence-corrected chi connectivity index (χ4v) is 2.26. The molecule has 0 saturated heterocycles. The molecular weight excluding hydrogens is 260 g/mol. The Labute approximate surface area is 130 Å². The van der Waals surface area contributed by atoms with Gasteiger partial charge in [-0.1, -0.05) is 45.4 Å². The molecule has 0 saturated carbocycles. The van der Waals surface area contributed by atoms with E-state index in [4.69, 9.17) is 4.74 Å². The summed E-state index contributed by atoms with van der Waals surface area (Å²) < 4.78 is 5.99. The second-order valence-electron chi connectivity index (χ2n) is 6.11. The van der Waals surface area contributed by atoms with Crippen LogP contribution in [0.3, 0.4) is 0 Å². The van der Waals surface area contributed by atoms with Crippen LogP contribution in [0.25, 0.3) is 0 Å². The number of para-hydroxylation sites is 1. The van der Waals surface area contributed by atoms with Crippen molar-refractivity contribution in [1.82, 2.24) is 10.2 Å². The molecule has 0 heterocycles. The monoisotopic (exact) mass is 292 g/mol. The molecule has 3 heteroatoms. The van der Waals surface area contributed by atoms with Crippen molar-refractivity contribution in [3.05, 3.63) is 29.8 Å². The van der Waals surface area contributed by atoms with Gasteiger partial charge in [0.25, 0.3) is 0 Å². The number of benzene rings is 1. The van der Waals surface area contributed by atoms with E-state index in [1.165, 1.54) is 18.4 Å². The van der Waals surface area contributed by atoms with Crippen molar-refractivity contribution >= 4 is 0 Å². The molecule has 21 heavy (non-hydrogen) atoms. The summed E-state index contributed by atoms with van der Waals surface area (Å²) in [6.45, 7) is 11.4. The number of nitrogens with one attached hydrogen (secondary N) is 1. The van der Waals surface area contributed by atoms with Gasteiger partial charge < -0.3 is 15.0 Å². The minimum Gasteiger partial charge on any atom is -0.492 e. The van der Waals surface area contributed by atoms with E-state index < -0.39 is 0 Å². The maximum Gasteiger partial charge on any atom is 0.123 e. The quantitative estimate of drug-likeness (QED) is 0.712. The van der Waals surface area contributed by atoms with E-state index in [-0.39, 0.29) is 0 Å². The summed E-state index contributed by atoms with van der Waals surface area (Å²) in [7, 11) is 2.18. The maximum atomic E-state index is 5.99. The molecule has 1 atom stereocenters. The first-order valence-corrected chi connectivity index (χ1v) is 8.18. The second-order valence-corrected chi connectivity index (χ2v) is 6.11. The van der Waals surface area contributed by atoms with Crippen LogP contribution < -0.4 is 10.1 Å². The summed E-state index contributed by atoms with van der Waals surface area (Å²) in [6.07, 6.45) is 2.47. The van der Waals surface area contributed by atoms with E-state index in [1.807, 2.05) is 6.07 Å². The van der Waals surface area contributed by atoms with E-state index in [9.17, 15) is 0 Å². The highest BCUT2D eigenvalue weighted by Gasteiger charge is 2.09. The number of ether oxygens (including phenoxy) is 1. The maximum absolute atomic E-state index is 5.99.